The number of carbonyl (C=O) groups excluding carboxylic acids is 1. The third-order valence-corrected chi connectivity index (χ3v) is 3.39. The van der Waals surface area contributed by atoms with Crippen molar-refractivity contribution >= 4 is 5.78 Å². The minimum Gasteiger partial charge on any atom is -0.494 e. The summed E-state index contributed by atoms with van der Waals surface area (Å²) in [4.78, 5) is 12.5. The van der Waals surface area contributed by atoms with Crippen LogP contribution >= 0.6 is 0 Å². The molecule has 0 radical (unpaired) electrons. The van der Waals surface area contributed by atoms with Gasteiger partial charge in [-0.1, -0.05) is 6.92 Å². The van der Waals surface area contributed by atoms with Gasteiger partial charge in [0.15, 0.2) is 5.78 Å². The van der Waals surface area contributed by atoms with Crippen LogP contribution in [-0.4, -0.2) is 32.2 Å². The van der Waals surface area contributed by atoms with Crippen molar-refractivity contribution < 1.29 is 19.0 Å². The molecule has 24 heavy (non-hydrogen) atoms. The number of hydrogen-bond donors (Lipinski definition) is 0. The zero-order valence-corrected chi connectivity index (χ0v) is 14.3. The first-order valence-electron chi connectivity index (χ1n) is 8.32. The van der Waals surface area contributed by atoms with Crippen LogP contribution in [0.25, 0.3) is 0 Å². The van der Waals surface area contributed by atoms with Gasteiger partial charge in [0.05, 0.1) is 13.2 Å². The van der Waals surface area contributed by atoms with Gasteiger partial charge in [-0.3, -0.25) is 4.79 Å². The number of hydrogen-bond acceptors (Lipinski definition) is 4. The smallest absolute Gasteiger partial charge is 0.193 e. The van der Waals surface area contributed by atoms with Gasteiger partial charge < -0.3 is 14.2 Å². The van der Waals surface area contributed by atoms with Crippen molar-refractivity contribution in [3.05, 3.63) is 59.7 Å². The molecule has 2 aromatic carbocycles. The Morgan fingerprint density at radius 1 is 0.750 bits per heavy atom. The summed E-state index contributed by atoms with van der Waals surface area (Å²) in [6, 6.07) is 14.4. The molecule has 2 aromatic rings. The Labute approximate surface area is 143 Å². The molecule has 0 fully saturated rings. The van der Waals surface area contributed by atoms with Crippen molar-refractivity contribution in [1.29, 1.82) is 0 Å². The average Bonchev–Trinajstić information content (AvgIpc) is 2.62. The number of rotatable bonds is 10. The van der Waals surface area contributed by atoms with Gasteiger partial charge in [-0.2, -0.15) is 0 Å². The summed E-state index contributed by atoms with van der Waals surface area (Å²) in [5.74, 6) is 1.48. The number of ether oxygens (including phenoxy) is 3. The van der Waals surface area contributed by atoms with Gasteiger partial charge in [0.25, 0.3) is 0 Å². The molecule has 0 aliphatic heterocycles. The molecule has 0 saturated carbocycles. The van der Waals surface area contributed by atoms with E-state index in [2.05, 4.69) is 6.92 Å². The molecule has 0 atom stereocenters. The second-order valence-corrected chi connectivity index (χ2v) is 5.27. The lowest BCUT2D eigenvalue weighted by molar-refractivity contribution is 0.100. The van der Waals surface area contributed by atoms with E-state index in [4.69, 9.17) is 14.2 Å². The Balaban J connectivity index is 1.90. The Bertz CT molecular complexity index is 617. The minimum absolute atomic E-state index is 0.0177. The van der Waals surface area contributed by atoms with Crippen LogP contribution in [-0.2, 0) is 4.74 Å². The molecule has 128 valence electrons. The largest absolute Gasteiger partial charge is 0.494 e. The summed E-state index contributed by atoms with van der Waals surface area (Å²) in [6.45, 7) is 6.43. The van der Waals surface area contributed by atoms with E-state index in [9.17, 15) is 4.79 Å². The van der Waals surface area contributed by atoms with Crippen molar-refractivity contribution in [1.82, 2.24) is 0 Å². The summed E-state index contributed by atoms with van der Waals surface area (Å²) in [6.07, 6.45) is 1.00. The zero-order chi connectivity index (χ0) is 17.2. The van der Waals surface area contributed by atoms with Crippen molar-refractivity contribution in [2.45, 2.75) is 20.3 Å². The van der Waals surface area contributed by atoms with Crippen LogP contribution in [0.5, 0.6) is 11.5 Å². The van der Waals surface area contributed by atoms with E-state index in [-0.39, 0.29) is 5.78 Å². The minimum atomic E-state index is -0.0177. The maximum atomic E-state index is 12.5. The summed E-state index contributed by atoms with van der Waals surface area (Å²) < 4.78 is 16.3. The molecule has 0 amide bonds. The number of ketones is 1. The predicted octanol–water partition coefficient (Wildman–Crippen LogP) is 4.12. The van der Waals surface area contributed by atoms with Gasteiger partial charge in [-0.25, -0.2) is 0 Å². The Kier molecular flexibility index (Phi) is 7.30. The molecule has 0 aliphatic carbocycles. The number of carbonyl (C=O) groups is 1. The highest BCUT2D eigenvalue weighted by Gasteiger charge is 2.09. The van der Waals surface area contributed by atoms with Crippen LogP contribution in [0.3, 0.4) is 0 Å². The lowest BCUT2D eigenvalue weighted by atomic mass is 10.0. The van der Waals surface area contributed by atoms with E-state index >= 15 is 0 Å². The van der Waals surface area contributed by atoms with E-state index in [1.165, 1.54) is 0 Å². The van der Waals surface area contributed by atoms with Crippen molar-refractivity contribution in [3.63, 3.8) is 0 Å². The summed E-state index contributed by atoms with van der Waals surface area (Å²) in [5, 5.41) is 0. The van der Waals surface area contributed by atoms with E-state index in [1.807, 2.05) is 31.2 Å². The van der Waals surface area contributed by atoms with Gasteiger partial charge in [0.1, 0.15) is 18.1 Å². The van der Waals surface area contributed by atoms with Crippen molar-refractivity contribution in [2.75, 3.05) is 26.4 Å². The summed E-state index contributed by atoms with van der Waals surface area (Å²) >= 11 is 0. The molecule has 0 aliphatic rings. The van der Waals surface area contributed by atoms with Crippen molar-refractivity contribution in [2.24, 2.45) is 0 Å². The molecule has 0 heterocycles. The van der Waals surface area contributed by atoms with Gasteiger partial charge in [0, 0.05) is 17.7 Å². The molecular formula is C20H24O4. The van der Waals surface area contributed by atoms with E-state index in [1.54, 1.807) is 24.3 Å². The van der Waals surface area contributed by atoms with Gasteiger partial charge in [-0.05, 0) is 61.9 Å². The topological polar surface area (TPSA) is 44.8 Å². The van der Waals surface area contributed by atoms with Crippen LogP contribution in [0.2, 0.25) is 0 Å². The molecule has 4 nitrogen and oxygen atoms in total. The Hall–Kier alpha value is -2.33. The first-order chi connectivity index (χ1) is 11.7. The normalized spacial score (nSPS) is 10.4. The summed E-state index contributed by atoms with van der Waals surface area (Å²) in [7, 11) is 0. The van der Waals surface area contributed by atoms with Crippen LogP contribution in [0.1, 0.15) is 36.2 Å². The van der Waals surface area contributed by atoms with Gasteiger partial charge in [-0.15, -0.1) is 0 Å². The molecular weight excluding hydrogens is 304 g/mol. The zero-order valence-electron chi connectivity index (χ0n) is 14.3. The lowest BCUT2D eigenvalue weighted by Crippen LogP contribution is -2.07. The van der Waals surface area contributed by atoms with E-state index in [0.717, 1.165) is 24.5 Å². The monoisotopic (exact) mass is 328 g/mol. The molecule has 0 unspecified atom stereocenters. The van der Waals surface area contributed by atoms with Crippen molar-refractivity contribution in [3.8, 4) is 11.5 Å². The Morgan fingerprint density at radius 2 is 1.29 bits per heavy atom. The Morgan fingerprint density at radius 3 is 1.79 bits per heavy atom. The SMILES string of the molecule is CCCOCCOc1ccc(C(=O)c2ccc(OCC)cc2)cc1. The van der Waals surface area contributed by atoms with Crippen LogP contribution in [0.15, 0.2) is 48.5 Å². The van der Waals surface area contributed by atoms with Crippen LogP contribution in [0.4, 0.5) is 0 Å². The molecule has 2 rings (SSSR count). The van der Waals surface area contributed by atoms with E-state index in [0.29, 0.717) is 30.9 Å². The highest BCUT2D eigenvalue weighted by molar-refractivity contribution is 6.09. The van der Waals surface area contributed by atoms with Crippen LogP contribution < -0.4 is 9.47 Å². The van der Waals surface area contributed by atoms with Gasteiger partial charge in [0.2, 0.25) is 0 Å². The second-order valence-electron chi connectivity index (χ2n) is 5.27. The molecule has 4 heteroatoms. The predicted molar refractivity (Wildman–Crippen MR) is 94.1 cm³/mol. The molecule has 0 N–H and O–H groups in total. The lowest BCUT2D eigenvalue weighted by Gasteiger charge is -2.08. The maximum absolute atomic E-state index is 12.5. The molecule has 0 bridgehead atoms. The fourth-order valence-electron chi connectivity index (χ4n) is 2.20. The fourth-order valence-corrected chi connectivity index (χ4v) is 2.20. The fraction of sp³-hybridized carbons (Fsp3) is 0.350. The molecule has 0 spiro atoms. The average molecular weight is 328 g/mol. The maximum Gasteiger partial charge on any atom is 0.193 e. The van der Waals surface area contributed by atoms with Crippen LogP contribution in [0, 0.1) is 0 Å². The second kappa shape index (κ2) is 9.73. The highest BCUT2D eigenvalue weighted by Crippen LogP contribution is 2.18. The molecule has 0 aromatic heterocycles. The first-order valence-corrected chi connectivity index (χ1v) is 8.32. The third kappa shape index (κ3) is 5.39. The standard InChI is InChI=1S/C20H24O4/c1-3-13-22-14-15-24-19-11-7-17(8-12-19)20(21)16-5-9-18(10-6-16)23-4-2/h5-12H,3-4,13-15H2,1-2H3. The summed E-state index contributed by atoms with van der Waals surface area (Å²) in [5.41, 5.74) is 1.27. The highest BCUT2D eigenvalue weighted by atomic mass is 16.5. The third-order valence-electron chi connectivity index (χ3n) is 3.39. The first kappa shape index (κ1) is 18.0. The van der Waals surface area contributed by atoms with E-state index < -0.39 is 0 Å². The quantitative estimate of drug-likeness (QED) is 0.486. The molecule has 0 saturated heterocycles. The van der Waals surface area contributed by atoms with Gasteiger partial charge >= 0.3 is 0 Å². The number of benzene rings is 2.